The van der Waals surface area contributed by atoms with Crippen molar-refractivity contribution in [2.45, 2.75) is 78.2 Å². The number of esters is 1. The van der Waals surface area contributed by atoms with E-state index in [0.29, 0.717) is 42.0 Å². The molecule has 3 heterocycles. The third-order valence-corrected chi connectivity index (χ3v) is 6.44. The highest BCUT2D eigenvalue weighted by Gasteiger charge is 2.30. The highest BCUT2D eigenvalue weighted by molar-refractivity contribution is 6.11. The Morgan fingerprint density at radius 1 is 1.39 bits per heavy atom. The van der Waals surface area contributed by atoms with E-state index in [2.05, 4.69) is 15.6 Å². The van der Waals surface area contributed by atoms with E-state index >= 15 is 0 Å². The molecular weight excluding hydrogens is 424 g/mol. The van der Waals surface area contributed by atoms with Gasteiger partial charge in [0.25, 0.3) is 0 Å². The Balaban J connectivity index is 2.15. The Morgan fingerprint density at radius 3 is 2.70 bits per heavy atom. The van der Waals surface area contributed by atoms with Crippen molar-refractivity contribution >= 4 is 34.3 Å². The standard InChI is InChI=1S/C24H36N4O5/c1-7-14(2)22(29)27-19-18-11-16(26-15(3)24(4,5)31)12-25-21(18)28(20(19)23(30)32-6)13-17-9-8-10-33-17/h11-12,14-15,17,26,31H,7-10,13H2,1-6H3,(H,27,29)/t14-,15+,17-/m0/s1. The van der Waals surface area contributed by atoms with Gasteiger partial charge in [-0.15, -0.1) is 0 Å². The average Bonchev–Trinajstić information content (AvgIpc) is 3.38. The number of aromatic nitrogens is 2. The third kappa shape index (κ3) is 5.47. The molecule has 9 nitrogen and oxygen atoms in total. The molecule has 33 heavy (non-hydrogen) atoms. The van der Waals surface area contributed by atoms with Gasteiger partial charge in [-0.2, -0.15) is 0 Å². The van der Waals surface area contributed by atoms with E-state index in [4.69, 9.17) is 9.47 Å². The van der Waals surface area contributed by atoms with Gasteiger partial charge in [0, 0.05) is 17.9 Å². The summed E-state index contributed by atoms with van der Waals surface area (Å²) in [4.78, 5) is 30.4. The molecule has 1 saturated heterocycles. The summed E-state index contributed by atoms with van der Waals surface area (Å²) in [5.41, 5.74) is 0.909. The molecule has 182 valence electrons. The number of amides is 1. The number of rotatable bonds is 9. The van der Waals surface area contributed by atoms with Gasteiger partial charge in [0.05, 0.1) is 49.0 Å². The van der Waals surface area contributed by atoms with Gasteiger partial charge in [0.2, 0.25) is 5.91 Å². The highest BCUT2D eigenvalue weighted by Crippen LogP contribution is 2.34. The predicted octanol–water partition coefficient (Wildman–Crippen LogP) is 3.56. The van der Waals surface area contributed by atoms with Crippen LogP contribution in [0.1, 0.15) is 64.4 Å². The lowest BCUT2D eigenvalue weighted by Crippen LogP contribution is -2.39. The summed E-state index contributed by atoms with van der Waals surface area (Å²) in [5, 5.41) is 17.2. The highest BCUT2D eigenvalue weighted by atomic mass is 16.5. The summed E-state index contributed by atoms with van der Waals surface area (Å²) < 4.78 is 12.7. The van der Waals surface area contributed by atoms with Crippen LogP contribution in [0.25, 0.3) is 11.0 Å². The van der Waals surface area contributed by atoms with Crippen LogP contribution in [0.5, 0.6) is 0 Å². The van der Waals surface area contributed by atoms with Crippen LogP contribution in [0, 0.1) is 5.92 Å². The second-order valence-corrected chi connectivity index (χ2v) is 9.37. The Morgan fingerprint density at radius 2 is 2.12 bits per heavy atom. The van der Waals surface area contributed by atoms with Crippen LogP contribution in [-0.4, -0.2) is 58.0 Å². The molecule has 0 bridgehead atoms. The van der Waals surface area contributed by atoms with Crippen molar-refractivity contribution in [3.05, 3.63) is 18.0 Å². The van der Waals surface area contributed by atoms with E-state index in [0.717, 1.165) is 12.8 Å². The molecule has 0 saturated carbocycles. The zero-order chi connectivity index (χ0) is 24.3. The van der Waals surface area contributed by atoms with Crippen LogP contribution < -0.4 is 10.6 Å². The van der Waals surface area contributed by atoms with Gasteiger partial charge in [0.15, 0.2) is 5.69 Å². The maximum atomic E-state index is 12.9. The number of methoxy groups -OCH3 is 1. The molecule has 0 spiro atoms. The van der Waals surface area contributed by atoms with E-state index in [1.165, 1.54) is 7.11 Å². The zero-order valence-corrected chi connectivity index (χ0v) is 20.4. The molecule has 1 aliphatic heterocycles. The largest absolute Gasteiger partial charge is 0.464 e. The summed E-state index contributed by atoms with van der Waals surface area (Å²) >= 11 is 0. The Labute approximate surface area is 194 Å². The van der Waals surface area contributed by atoms with E-state index in [-0.39, 0.29) is 29.7 Å². The van der Waals surface area contributed by atoms with Gasteiger partial charge in [-0.25, -0.2) is 9.78 Å². The van der Waals surface area contributed by atoms with Crippen LogP contribution in [0.4, 0.5) is 11.4 Å². The van der Waals surface area contributed by atoms with Gasteiger partial charge < -0.3 is 29.8 Å². The minimum Gasteiger partial charge on any atom is -0.464 e. The zero-order valence-electron chi connectivity index (χ0n) is 20.4. The number of nitrogens with zero attached hydrogens (tertiary/aromatic N) is 2. The van der Waals surface area contributed by atoms with Crippen LogP contribution in [-0.2, 0) is 20.8 Å². The SMILES string of the molecule is CC[C@H](C)C(=O)Nc1c(C(=O)OC)n(C[C@@H]2CCCO2)c2ncc(N[C@H](C)C(C)(C)O)cc12. The first kappa shape index (κ1) is 25.0. The lowest BCUT2D eigenvalue weighted by molar-refractivity contribution is -0.119. The topological polar surface area (TPSA) is 115 Å². The average molecular weight is 461 g/mol. The van der Waals surface area contributed by atoms with Crippen molar-refractivity contribution < 1.29 is 24.2 Å². The number of hydrogen-bond acceptors (Lipinski definition) is 7. The summed E-state index contributed by atoms with van der Waals surface area (Å²) in [6.45, 7) is 10.2. The van der Waals surface area contributed by atoms with Gasteiger partial charge in [0.1, 0.15) is 5.65 Å². The van der Waals surface area contributed by atoms with E-state index < -0.39 is 11.6 Å². The fourth-order valence-corrected chi connectivity index (χ4v) is 3.77. The lowest BCUT2D eigenvalue weighted by atomic mass is 10.0. The molecule has 3 N–H and O–H groups in total. The minimum absolute atomic E-state index is 0.0445. The Hall–Kier alpha value is -2.65. The first-order valence-corrected chi connectivity index (χ1v) is 11.6. The first-order chi connectivity index (χ1) is 15.6. The Kier molecular flexibility index (Phi) is 7.64. The van der Waals surface area contributed by atoms with Crippen molar-refractivity contribution in [1.82, 2.24) is 9.55 Å². The number of pyridine rings is 1. The monoisotopic (exact) mass is 460 g/mol. The van der Waals surface area contributed by atoms with E-state index in [1.54, 1.807) is 24.6 Å². The second-order valence-electron chi connectivity index (χ2n) is 9.37. The van der Waals surface area contributed by atoms with Crippen LogP contribution in [0.15, 0.2) is 12.3 Å². The normalized spacial score (nSPS) is 18.2. The molecule has 0 radical (unpaired) electrons. The number of nitrogens with one attached hydrogen (secondary N) is 2. The summed E-state index contributed by atoms with van der Waals surface area (Å²) in [6, 6.07) is 1.58. The molecule has 0 aliphatic carbocycles. The maximum Gasteiger partial charge on any atom is 0.356 e. The number of hydrogen-bond donors (Lipinski definition) is 3. The molecule has 1 fully saturated rings. The molecule has 3 rings (SSSR count). The number of aliphatic hydroxyl groups is 1. The van der Waals surface area contributed by atoms with Gasteiger partial charge in [-0.3, -0.25) is 4.79 Å². The molecule has 0 aromatic carbocycles. The van der Waals surface area contributed by atoms with Crippen molar-refractivity contribution in [2.24, 2.45) is 5.92 Å². The summed E-state index contributed by atoms with van der Waals surface area (Å²) in [6.07, 6.45) is 4.14. The smallest absolute Gasteiger partial charge is 0.356 e. The summed E-state index contributed by atoms with van der Waals surface area (Å²) in [5.74, 6) is -0.955. The van der Waals surface area contributed by atoms with E-state index in [9.17, 15) is 14.7 Å². The maximum absolute atomic E-state index is 12.9. The Bertz CT molecular complexity index is 1000. The third-order valence-electron chi connectivity index (χ3n) is 6.44. The fourth-order valence-electron chi connectivity index (χ4n) is 3.77. The number of carbonyl (C=O) groups is 2. The molecule has 9 heteroatoms. The quantitative estimate of drug-likeness (QED) is 0.490. The van der Waals surface area contributed by atoms with Crippen molar-refractivity contribution in [3.63, 3.8) is 0 Å². The van der Waals surface area contributed by atoms with Crippen LogP contribution in [0.3, 0.4) is 0 Å². The number of carbonyl (C=O) groups excluding carboxylic acids is 2. The van der Waals surface area contributed by atoms with Gasteiger partial charge in [-0.05, 0) is 46.1 Å². The van der Waals surface area contributed by atoms with Crippen molar-refractivity contribution in [1.29, 1.82) is 0 Å². The first-order valence-electron chi connectivity index (χ1n) is 11.6. The number of ether oxygens (including phenoxy) is 2. The predicted molar refractivity (Wildman–Crippen MR) is 128 cm³/mol. The van der Waals surface area contributed by atoms with Gasteiger partial charge in [-0.1, -0.05) is 13.8 Å². The van der Waals surface area contributed by atoms with Crippen LogP contribution >= 0.6 is 0 Å². The summed E-state index contributed by atoms with van der Waals surface area (Å²) in [7, 11) is 1.32. The molecule has 1 amide bonds. The van der Waals surface area contributed by atoms with Crippen molar-refractivity contribution in [3.8, 4) is 0 Å². The molecule has 2 aromatic rings. The second kappa shape index (κ2) is 10.1. The van der Waals surface area contributed by atoms with E-state index in [1.807, 2.05) is 26.8 Å². The molecular formula is C24H36N4O5. The lowest BCUT2D eigenvalue weighted by Gasteiger charge is -2.27. The number of anilines is 2. The fraction of sp³-hybridized carbons (Fsp3) is 0.625. The molecule has 1 aliphatic rings. The molecule has 0 unspecified atom stereocenters. The molecule has 3 atom stereocenters. The van der Waals surface area contributed by atoms with Crippen molar-refractivity contribution in [2.75, 3.05) is 24.4 Å². The molecule has 2 aromatic heterocycles. The number of fused-ring (bicyclic) bond motifs is 1. The minimum atomic E-state index is -0.953. The van der Waals surface area contributed by atoms with Crippen LogP contribution in [0.2, 0.25) is 0 Å². The van der Waals surface area contributed by atoms with Gasteiger partial charge >= 0.3 is 5.97 Å².